The summed E-state index contributed by atoms with van der Waals surface area (Å²) in [5.74, 6) is 0.150. The predicted octanol–water partition coefficient (Wildman–Crippen LogP) is 1.43. The number of hydrogen-bond acceptors (Lipinski definition) is 3. The van der Waals surface area contributed by atoms with E-state index in [0.29, 0.717) is 13.0 Å². The molecule has 1 unspecified atom stereocenters. The van der Waals surface area contributed by atoms with Gasteiger partial charge in [-0.1, -0.05) is 6.42 Å². The molecule has 110 valence electrons. The van der Waals surface area contributed by atoms with Gasteiger partial charge in [0.05, 0.1) is 12.2 Å². The van der Waals surface area contributed by atoms with Crippen LogP contribution >= 0.6 is 0 Å². The number of fused-ring (bicyclic) bond motifs is 1. The lowest BCUT2D eigenvalue weighted by Crippen LogP contribution is -2.42. The number of rotatable bonds is 4. The van der Waals surface area contributed by atoms with Crippen LogP contribution in [0.4, 0.5) is 0 Å². The quantitative estimate of drug-likeness (QED) is 0.874. The summed E-state index contributed by atoms with van der Waals surface area (Å²) in [6.45, 7) is 0.628. The van der Waals surface area contributed by atoms with E-state index >= 15 is 0 Å². The number of nitrogens with zero attached hydrogens (tertiary/aromatic N) is 2. The van der Waals surface area contributed by atoms with Gasteiger partial charge >= 0.3 is 0 Å². The van der Waals surface area contributed by atoms with Gasteiger partial charge in [-0.05, 0) is 44.1 Å². The molecule has 1 amide bonds. The molecule has 1 aromatic heterocycles. The molecule has 0 radical (unpaired) electrons. The summed E-state index contributed by atoms with van der Waals surface area (Å²) in [5, 5.41) is 7.52. The molecular weight excluding hydrogens is 252 g/mol. The van der Waals surface area contributed by atoms with Gasteiger partial charge in [0.25, 0.3) is 0 Å². The average molecular weight is 276 g/mol. The van der Waals surface area contributed by atoms with E-state index in [1.54, 1.807) is 0 Å². The van der Waals surface area contributed by atoms with Gasteiger partial charge in [-0.3, -0.25) is 9.48 Å². The van der Waals surface area contributed by atoms with Crippen LogP contribution in [-0.2, 0) is 18.3 Å². The highest BCUT2D eigenvalue weighted by Crippen LogP contribution is 2.43. The van der Waals surface area contributed by atoms with E-state index in [4.69, 9.17) is 5.73 Å². The van der Waals surface area contributed by atoms with Crippen LogP contribution < -0.4 is 11.1 Å². The Hall–Kier alpha value is -1.36. The molecule has 0 spiro atoms. The first-order valence-corrected chi connectivity index (χ1v) is 7.64. The molecule has 3 N–H and O–H groups in total. The van der Waals surface area contributed by atoms with E-state index in [1.807, 2.05) is 17.9 Å². The normalized spacial score (nSPS) is 23.8. The van der Waals surface area contributed by atoms with Crippen LogP contribution in [0.15, 0.2) is 6.20 Å². The largest absolute Gasteiger partial charge is 0.349 e. The molecule has 2 aliphatic carbocycles. The van der Waals surface area contributed by atoms with E-state index < -0.39 is 0 Å². The van der Waals surface area contributed by atoms with Crippen molar-refractivity contribution in [2.75, 3.05) is 6.54 Å². The second kappa shape index (κ2) is 5.20. The molecule has 3 rings (SSSR count). The molecule has 5 heteroatoms. The molecule has 0 aromatic carbocycles. The first-order chi connectivity index (χ1) is 9.63. The lowest BCUT2D eigenvalue weighted by atomic mass is 9.66. The molecule has 1 atom stereocenters. The predicted molar refractivity (Wildman–Crippen MR) is 77.0 cm³/mol. The summed E-state index contributed by atoms with van der Waals surface area (Å²) in [5.41, 5.74) is 8.38. The van der Waals surface area contributed by atoms with Crippen LogP contribution in [0.25, 0.3) is 0 Å². The summed E-state index contributed by atoms with van der Waals surface area (Å²) < 4.78 is 1.93. The van der Waals surface area contributed by atoms with Crippen LogP contribution in [0.1, 0.15) is 55.8 Å². The number of amides is 1. The third-order valence-corrected chi connectivity index (χ3v) is 5.09. The van der Waals surface area contributed by atoms with Crippen LogP contribution in [-0.4, -0.2) is 22.2 Å². The van der Waals surface area contributed by atoms with Crippen molar-refractivity contribution in [1.29, 1.82) is 0 Å². The van der Waals surface area contributed by atoms with E-state index in [0.717, 1.165) is 32.1 Å². The van der Waals surface area contributed by atoms with E-state index in [2.05, 4.69) is 10.4 Å². The van der Waals surface area contributed by atoms with Crippen molar-refractivity contribution in [2.45, 2.75) is 51.0 Å². The van der Waals surface area contributed by atoms with Gasteiger partial charge < -0.3 is 11.1 Å². The molecule has 1 fully saturated rings. The number of hydrogen-bond donors (Lipinski definition) is 2. The first kappa shape index (κ1) is 13.6. The Labute approximate surface area is 119 Å². The number of nitrogens with one attached hydrogen (secondary N) is 1. The summed E-state index contributed by atoms with van der Waals surface area (Å²) in [4.78, 5) is 12.3. The summed E-state index contributed by atoms with van der Waals surface area (Å²) in [6, 6.07) is 0.134. The lowest BCUT2D eigenvalue weighted by molar-refractivity contribution is -0.125. The van der Waals surface area contributed by atoms with Gasteiger partial charge in [-0.15, -0.1) is 0 Å². The topological polar surface area (TPSA) is 72.9 Å². The zero-order chi connectivity index (χ0) is 14.2. The second-order valence-electron chi connectivity index (χ2n) is 6.42. The first-order valence-electron chi connectivity index (χ1n) is 7.64. The molecule has 20 heavy (non-hydrogen) atoms. The maximum atomic E-state index is 12.3. The SMILES string of the molecule is Cn1ncc2c1CCCC2NC(=O)CC1(CN)CCC1. The number of carbonyl (C=O) groups excluding carboxylic acids is 1. The standard InChI is InChI=1S/C15H24N4O/c1-19-13-5-2-4-12(11(13)9-17-19)18-14(20)8-15(10-16)6-3-7-15/h9,12H,2-8,10,16H2,1H3,(H,18,20). The van der Waals surface area contributed by atoms with Crippen molar-refractivity contribution in [2.24, 2.45) is 18.2 Å². The van der Waals surface area contributed by atoms with Gasteiger partial charge in [-0.25, -0.2) is 0 Å². The van der Waals surface area contributed by atoms with Gasteiger partial charge in [-0.2, -0.15) is 5.10 Å². The molecule has 1 aromatic rings. The molecule has 0 saturated heterocycles. The van der Waals surface area contributed by atoms with Crippen molar-refractivity contribution in [1.82, 2.24) is 15.1 Å². The molecular formula is C15H24N4O. The number of carbonyl (C=O) groups is 1. The summed E-state index contributed by atoms with van der Waals surface area (Å²) >= 11 is 0. The fourth-order valence-corrected chi connectivity index (χ4v) is 3.57. The Kier molecular flexibility index (Phi) is 3.54. The highest BCUT2D eigenvalue weighted by molar-refractivity contribution is 5.77. The monoisotopic (exact) mass is 276 g/mol. The number of aryl methyl sites for hydroxylation is 1. The van der Waals surface area contributed by atoms with Crippen molar-refractivity contribution in [3.63, 3.8) is 0 Å². The van der Waals surface area contributed by atoms with Crippen LogP contribution in [0, 0.1) is 5.41 Å². The smallest absolute Gasteiger partial charge is 0.221 e. The minimum Gasteiger partial charge on any atom is -0.349 e. The Morgan fingerprint density at radius 1 is 1.55 bits per heavy atom. The van der Waals surface area contributed by atoms with Gasteiger partial charge in [0.15, 0.2) is 0 Å². The summed E-state index contributed by atoms with van der Waals surface area (Å²) in [6.07, 6.45) is 9.07. The third kappa shape index (κ3) is 2.35. The Balaban J connectivity index is 1.65. The van der Waals surface area contributed by atoms with Gasteiger partial charge in [0.1, 0.15) is 0 Å². The maximum absolute atomic E-state index is 12.3. The van der Waals surface area contributed by atoms with E-state index in [1.165, 1.54) is 17.7 Å². The minimum atomic E-state index is 0.0799. The zero-order valence-electron chi connectivity index (χ0n) is 12.2. The van der Waals surface area contributed by atoms with Crippen LogP contribution in [0.3, 0.4) is 0 Å². The van der Waals surface area contributed by atoms with Gasteiger partial charge in [0.2, 0.25) is 5.91 Å². The fraction of sp³-hybridized carbons (Fsp3) is 0.733. The molecule has 1 heterocycles. The number of nitrogens with two attached hydrogens (primary N) is 1. The molecule has 1 saturated carbocycles. The van der Waals surface area contributed by atoms with Crippen molar-refractivity contribution >= 4 is 5.91 Å². The van der Waals surface area contributed by atoms with Crippen molar-refractivity contribution < 1.29 is 4.79 Å². The second-order valence-corrected chi connectivity index (χ2v) is 6.42. The lowest BCUT2D eigenvalue weighted by Gasteiger charge is -2.40. The van der Waals surface area contributed by atoms with E-state index in [9.17, 15) is 4.79 Å². The molecule has 0 aliphatic heterocycles. The highest BCUT2D eigenvalue weighted by atomic mass is 16.1. The minimum absolute atomic E-state index is 0.0799. The Morgan fingerprint density at radius 2 is 2.35 bits per heavy atom. The van der Waals surface area contributed by atoms with Crippen molar-refractivity contribution in [3.05, 3.63) is 17.5 Å². The average Bonchev–Trinajstić information content (AvgIpc) is 2.77. The highest BCUT2D eigenvalue weighted by Gasteiger charge is 2.38. The molecule has 0 bridgehead atoms. The molecule has 5 nitrogen and oxygen atoms in total. The number of aromatic nitrogens is 2. The Morgan fingerprint density at radius 3 is 3.00 bits per heavy atom. The Bertz CT molecular complexity index is 498. The van der Waals surface area contributed by atoms with Gasteiger partial charge in [0, 0.05) is 24.7 Å². The fourth-order valence-electron chi connectivity index (χ4n) is 3.57. The van der Waals surface area contributed by atoms with Crippen LogP contribution in [0.2, 0.25) is 0 Å². The summed E-state index contributed by atoms with van der Waals surface area (Å²) in [7, 11) is 1.97. The third-order valence-electron chi connectivity index (χ3n) is 5.09. The zero-order valence-corrected chi connectivity index (χ0v) is 12.2. The van der Waals surface area contributed by atoms with Crippen LogP contribution in [0.5, 0.6) is 0 Å². The molecule has 2 aliphatic rings. The maximum Gasteiger partial charge on any atom is 0.221 e. The van der Waals surface area contributed by atoms with Crippen molar-refractivity contribution in [3.8, 4) is 0 Å². The van der Waals surface area contributed by atoms with E-state index in [-0.39, 0.29) is 17.4 Å².